The molecule has 6 nitrogen and oxygen atoms in total. The van der Waals surface area contributed by atoms with Crippen LogP contribution < -0.4 is 9.47 Å². The van der Waals surface area contributed by atoms with Gasteiger partial charge in [-0.3, -0.25) is 4.40 Å². The van der Waals surface area contributed by atoms with Gasteiger partial charge in [0, 0.05) is 18.0 Å². The van der Waals surface area contributed by atoms with Crippen molar-refractivity contribution in [1.29, 1.82) is 0 Å². The molecule has 0 aliphatic rings. The highest BCUT2D eigenvalue weighted by Crippen LogP contribution is 2.35. The second-order valence-electron chi connectivity index (χ2n) is 5.47. The van der Waals surface area contributed by atoms with Gasteiger partial charge in [-0.05, 0) is 32.0 Å². The lowest BCUT2D eigenvalue weighted by Gasteiger charge is -2.12. The molecule has 1 aromatic carbocycles. The Bertz CT molecular complexity index is 907. The van der Waals surface area contributed by atoms with E-state index in [0.717, 1.165) is 12.1 Å². The van der Waals surface area contributed by atoms with Crippen molar-refractivity contribution in [2.45, 2.75) is 26.3 Å². The van der Waals surface area contributed by atoms with Crippen LogP contribution in [0.15, 0.2) is 36.8 Å². The van der Waals surface area contributed by atoms with E-state index in [2.05, 4.69) is 14.7 Å². The average molecular weight is 353 g/mol. The third-order valence-corrected chi connectivity index (χ3v) is 3.22. The Labute approximate surface area is 140 Å². The van der Waals surface area contributed by atoms with Gasteiger partial charge in [-0.15, -0.1) is 13.2 Å². The molecule has 0 aliphatic carbocycles. The van der Waals surface area contributed by atoms with E-state index in [1.807, 2.05) is 13.8 Å². The Hall–Kier alpha value is -2.97. The maximum atomic E-state index is 12.4. The minimum atomic E-state index is -4.90. The molecular weight excluding hydrogens is 339 g/mol. The van der Waals surface area contributed by atoms with Crippen LogP contribution in [0.2, 0.25) is 0 Å². The summed E-state index contributed by atoms with van der Waals surface area (Å²) in [5.74, 6) is -0.984. The number of fused-ring (bicyclic) bond motifs is 1. The smallest absolute Gasteiger partial charge is 0.504 e. The van der Waals surface area contributed by atoms with E-state index >= 15 is 0 Å². The van der Waals surface area contributed by atoms with Crippen LogP contribution in [0.25, 0.3) is 16.9 Å². The number of phenolic OH excluding ortho intramolecular Hbond substituents is 1. The van der Waals surface area contributed by atoms with E-state index in [9.17, 15) is 18.3 Å². The van der Waals surface area contributed by atoms with Gasteiger partial charge in [-0.1, -0.05) is 0 Å². The Morgan fingerprint density at radius 2 is 1.96 bits per heavy atom. The van der Waals surface area contributed by atoms with Gasteiger partial charge in [0.05, 0.1) is 18.0 Å². The predicted octanol–water partition coefficient (Wildman–Crippen LogP) is 3.79. The van der Waals surface area contributed by atoms with Crippen molar-refractivity contribution in [3.05, 3.63) is 36.8 Å². The lowest BCUT2D eigenvalue weighted by molar-refractivity contribution is -0.275. The van der Waals surface area contributed by atoms with E-state index in [-0.39, 0.29) is 6.10 Å². The van der Waals surface area contributed by atoms with E-state index in [0.29, 0.717) is 22.8 Å². The monoisotopic (exact) mass is 353 g/mol. The molecule has 0 saturated heterocycles. The van der Waals surface area contributed by atoms with Gasteiger partial charge in [0.2, 0.25) is 5.65 Å². The standard InChI is InChI=1S/C16H14F3N3O3/c1-9(2)24-15-14-21-8-11(22(14)6-5-20-15)10-3-4-12(23)13(7-10)25-16(17,18)19/h3-9,23H,1-2H3. The molecule has 2 aromatic heterocycles. The second-order valence-corrected chi connectivity index (χ2v) is 5.47. The zero-order chi connectivity index (χ0) is 18.2. The van der Waals surface area contributed by atoms with Gasteiger partial charge in [-0.2, -0.15) is 0 Å². The normalized spacial score (nSPS) is 11.9. The van der Waals surface area contributed by atoms with Crippen molar-refractivity contribution < 1.29 is 27.8 Å². The minimum Gasteiger partial charge on any atom is -0.504 e. The first-order valence-electron chi connectivity index (χ1n) is 7.32. The van der Waals surface area contributed by atoms with E-state index in [1.54, 1.807) is 10.6 Å². The van der Waals surface area contributed by atoms with Crippen LogP contribution in [0.1, 0.15) is 13.8 Å². The Balaban J connectivity index is 2.07. The van der Waals surface area contributed by atoms with Crippen molar-refractivity contribution in [1.82, 2.24) is 14.4 Å². The fraction of sp³-hybridized carbons (Fsp3) is 0.250. The number of benzene rings is 1. The van der Waals surface area contributed by atoms with Crippen molar-refractivity contribution in [2.75, 3.05) is 0 Å². The molecule has 0 atom stereocenters. The Kier molecular flexibility index (Phi) is 4.15. The number of imidazole rings is 1. The maximum absolute atomic E-state index is 12.4. The molecule has 0 bridgehead atoms. The number of alkyl halides is 3. The molecule has 0 spiro atoms. The van der Waals surface area contributed by atoms with Gasteiger partial charge in [-0.25, -0.2) is 9.97 Å². The summed E-state index contributed by atoms with van der Waals surface area (Å²) < 4.78 is 48.4. The van der Waals surface area contributed by atoms with E-state index in [1.165, 1.54) is 18.5 Å². The third-order valence-electron chi connectivity index (χ3n) is 3.22. The lowest BCUT2D eigenvalue weighted by Crippen LogP contribution is -2.17. The summed E-state index contributed by atoms with van der Waals surface area (Å²) in [6, 6.07) is 3.68. The maximum Gasteiger partial charge on any atom is 0.573 e. The fourth-order valence-electron chi connectivity index (χ4n) is 2.30. The van der Waals surface area contributed by atoms with Gasteiger partial charge >= 0.3 is 6.36 Å². The van der Waals surface area contributed by atoms with Crippen molar-refractivity contribution >= 4 is 5.65 Å². The van der Waals surface area contributed by atoms with Gasteiger partial charge in [0.1, 0.15) is 0 Å². The molecule has 3 aromatic rings. The highest BCUT2D eigenvalue weighted by atomic mass is 19.4. The summed E-state index contributed by atoms with van der Waals surface area (Å²) >= 11 is 0. The number of aromatic hydroxyl groups is 1. The van der Waals surface area contributed by atoms with Crippen molar-refractivity contribution in [2.24, 2.45) is 0 Å². The third kappa shape index (κ3) is 3.59. The zero-order valence-electron chi connectivity index (χ0n) is 13.3. The SMILES string of the molecule is CC(C)Oc1nccn2c(-c3ccc(O)c(OC(F)(F)F)c3)cnc12. The number of hydrogen-bond acceptors (Lipinski definition) is 5. The average Bonchev–Trinajstić information content (AvgIpc) is 2.93. The summed E-state index contributed by atoms with van der Waals surface area (Å²) in [5.41, 5.74) is 1.31. The van der Waals surface area contributed by atoms with Crippen LogP contribution in [0.4, 0.5) is 13.2 Å². The van der Waals surface area contributed by atoms with Crippen molar-refractivity contribution in [3.8, 4) is 28.6 Å². The largest absolute Gasteiger partial charge is 0.573 e. The van der Waals surface area contributed by atoms with Gasteiger partial charge < -0.3 is 14.6 Å². The van der Waals surface area contributed by atoms with Crippen LogP contribution >= 0.6 is 0 Å². The Morgan fingerprint density at radius 3 is 2.64 bits per heavy atom. The summed E-state index contributed by atoms with van der Waals surface area (Å²) in [4.78, 5) is 8.34. The Morgan fingerprint density at radius 1 is 1.20 bits per heavy atom. The number of halogens is 3. The number of nitrogens with zero attached hydrogens (tertiary/aromatic N) is 3. The minimum absolute atomic E-state index is 0.112. The number of aromatic nitrogens is 3. The molecular formula is C16H14F3N3O3. The fourth-order valence-corrected chi connectivity index (χ4v) is 2.30. The second kappa shape index (κ2) is 6.15. The quantitative estimate of drug-likeness (QED) is 0.773. The van der Waals surface area contributed by atoms with E-state index < -0.39 is 17.9 Å². The molecule has 0 amide bonds. The molecule has 0 unspecified atom stereocenters. The first-order valence-corrected chi connectivity index (χ1v) is 7.32. The van der Waals surface area contributed by atoms with Crippen molar-refractivity contribution in [3.63, 3.8) is 0 Å². The van der Waals surface area contributed by atoms with Crippen LogP contribution in [-0.4, -0.2) is 31.9 Å². The molecule has 0 aliphatic heterocycles. The molecule has 1 N–H and O–H groups in total. The van der Waals surface area contributed by atoms with Crippen LogP contribution in [0, 0.1) is 0 Å². The number of ether oxygens (including phenoxy) is 2. The topological polar surface area (TPSA) is 68.9 Å². The molecule has 0 radical (unpaired) electrons. The zero-order valence-corrected chi connectivity index (χ0v) is 13.3. The molecule has 132 valence electrons. The first kappa shape index (κ1) is 16.9. The van der Waals surface area contributed by atoms with Gasteiger partial charge in [0.25, 0.3) is 5.88 Å². The predicted molar refractivity (Wildman–Crippen MR) is 82.5 cm³/mol. The molecule has 3 rings (SSSR count). The van der Waals surface area contributed by atoms with E-state index in [4.69, 9.17) is 4.74 Å². The molecule has 2 heterocycles. The number of phenols is 1. The van der Waals surface area contributed by atoms with Crippen LogP contribution in [0.3, 0.4) is 0 Å². The number of hydrogen-bond donors (Lipinski definition) is 1. The lowest BCUT2D eigenvalue weighted by atomic mass is 10.1. The highest BCUT2D eigenvalue weighted by Gasteiger charge is 2.32. The highest BCUT2D eigenvalue weighted by molar-refractivity contribution is 5.68. The summed E-state index contributed by atoms with van der Waals surface area (Å²) in [5, 5.41) is 9.57. The molecule has 0 saturated carbocycles. The summed E-state index contributed by atoms with van der Waals surface area (Å²) in [6.07, 6.45) is -0.420. The van der Waals surface area contributed by atoms with Gasteiger partial charge in [0.15, 0.2) is 11.5 Å². The summed E-state index contributed by atoms with van der Waals surface area (Å²) in [6.45, 7) is 3.69. The first-order chi connectivity index (χ1) is 11.7. The molecule has 0 fully saturated rings. The van der Waals surface area contributed by atoms with Crippen LogP contribution in [-0.2, 0) is 0 Å². The molecule has 25 heavy (non-hydrogen) atoms. The molecule has 9 heteroatoms. The summed E-state index contributed by atoms with van der Waals surface area (Å²) in [7, 11) is 0. The number of rotatable bonds is 4. The van der Waals surface area contributed by atoms with Crippen LogP contribution in [0.5, 0.6) is 17.4 Å².